The number of nitro groups is 1. The second-order valence-corrected chi connectivity index (χ2v) is 6.19. The lowest BCUT2D eigenvalue weighted by Crippen LogP contribution is -1.94. The third kappa shape index (κ3) is 4.63. The van der Waals surface area contributed by atoms with Crippen molar-refractivity contribution in [1.29, 1.82) is 0 Å². The van der Waals surface area contributed by atoms with Crippen molar-refractivity contribution < 1.29 is 9.66 Å². The Hall–Kier alpha value is -3.45. The van der Waals surface area contributed by atoms with Crippen molar-refractivity contribution in [3.8, 4) is 5.88 Å². The molecule has 0 amide bonds. The molecule has 4 aromatic rings. The molecule has 0 radical (unpaired) electrons. The topological polar surface area (TPSA) is 104 Å². The third-order valence-corrected chi connectivity index (χ3v) is 4.04. The van der Waals surface area contributed by atoms with Gasteiger partial charge in [-0.3, -0.25) is 10.1 Å². The van der Waals surface area contributed by atoms with E-state index in [2.05, 4.69) is 9.97 Å². The molecule has 0 bridgehead atoms. The van der Waals surface area contributed by atoms with Gasteiger partial charge < -0.3 is 10.5 Å². The van der Waals surface area contributed by atoms with Crippen LogP contribution >= 0.6 is 11.6 Å². The Morgan fingerprint density at radius 3 is 2.43 bits per heavy atom. The van der Waals surface area contributed by atoms with E-state index in [0.29, 0.717) is 28.5 Å². The highest BCUT2D eigenvalue weighted by molar-refractivity contribution is 6.29. The third-order valence-electron chi connectivity index (χ3n) is 3.83. The second-order valence-electron chi connectivity index (χ2n) is 5.80. The van der Waals surface area contributed by atoms with Gasteiger partial charge in [-0.2, -0.15) is 0 Å². The van der Waals surface area contributed by atoms with Gasteiger partial charge in [0.15, 0.2) is 0 Å². The van der Waals surface area contributed by atoms with Gasteiger partial charge in [0.05, 0.1) is 22.6 Å². The van der Waals surface area contributed by atoms with Crippen LogP contribution in [-0.2, 0) is 0 Å². The zero-order valence-electron chi connectivity index (χ0n) is 15.0. The Balaban J connectivity index is 0.000000161. The normalized spacial score (nSPS) is 10.4. The highest BCUT2D eigenvalue weighted by Crippen LogP contribution is 2.21. The summed E-state index contributed by atoms with van der Waals surface area (Å²) in [6.07, 6.45) is 0. The van der Waals surface area contributed by atoms with Crippen LogP contribution in [0.4, 0.5) is 11.4 Å². The highest BCUT2D eigenvalue weighted by Gasteiger charge is 2.06. The summed E-state index contributed by atoms with van der Waals surface area (Å²) in [7, 11) is 0. The fourth-order valence-corrected chi connectivity index (χ4v) is 2.71. The van der Waals surface area contributed by atoms with E-state index in [1.54, 1.807) is 18.2 Å². The molecule has 0 aliphatic heterocycles. The molecule has 0 saturated heterocycles. The fourth-order valence-electron chi connectivity index (χ4n) is 2.56. The summed E-state index contributed by atoms with van der Waals surface area (Å²) in [6.45, 7) is 2.57. The summed E-state index contributed by atoms with van der Waals surface area (Å²) in [5.41, 5.74) is 8.04. The molecule has 2 aromatic heterocycles. The number of nitrogens with two attached hydrogens (primary N) is 1. The monoisotopic (exact) mass is 396 g/mol. The van der Waals surface area contributed by atoms with Crippen molar-refractivity contribution >= 4 is 44.8 Å². The van der Waals surface area contributed by atoms with Crippen molar-refractivity contribution in [2.45, 2.75) is 6.92 Å². The van der Waals surface area contributed by atoms with Crippen molar-refractivity contribution in [2.75, 3.05) is 12.3 Å². The lowest BCUT2D eigenvalue weighted by Gasteiger charge is -2.03. The molecule has 4 rings (SSSR count). The van der Waals surface area contributed by atoms with Crippen LogP contribution in [0.1, 0.15) is 6.92 Å². The minimum atomic E-state index is -0.436. The highest BCUT2D eigenvalue weighted by atomic mass is 35.5. The van der Waals surface area contributed by atoms with Crippen LogP contribution in [0.5, 0.6) is 5.88 Å². The molecule has 142 valence electrons. The molecule has 0 saturated carbocycles. The number of hydrogen-bond donors (Lipinski definition) is 1. The van der Waals surface area contributed by atoms with E-state index in [-0.39, 0.29) is 5.69 Å². The van der Waals surface area contributed by atoms with Gasteiger partial charge in [-0.15, -0.1) is 0 Å². The zero-order valence-corrected chi connectivity index (χ0v) is 15.8. The number of pyridine rings is 2. The first-order valence-electron chi connectivity index (χ1n) is 8.46. The molecule has 0 atom stereocenters. The molecule has 0 aliphatic carbocycles. The van der Waals surface area contributed by atoms with Crippen molar-refractivity contribution in [2.24, 2.45) is 0 Å². The predicted octanol–water partition coefficient (Wildman–Crippen LogP) is 5.01. The van der Waals surface area contributed by atoms with Crippen molar-refractivity contribution in [1.82, 2.24) is 9.97 Å². The Morgan fingerprint density at radius 2 is 1.68 bits per heavy atom. The van der Waals surface area contributed by atoms with Gasteiger partial charge in [-0.25, -0.2) is 9.97 Å². The van der Waals surface area contributed by atoms with Crippen molar-refractivity contribution in [3.63, 3.8) is 0 Å². The SMILES string of the molecule is CCOc1ccc2cc(N)ccc2n1.O=[N+]([O-])c1ccc2nc(Cl)ccc2c1. The molecule has 0 unspecified atom stereocenters. The van der Waals surface area contributed by atoms with Crippen LogP contribution < -0.4 is 10.5 Å². The van der Waals surface area contributed by atoms with E-state index in [1.165, 1.54) is 12.1 Å². The second kappa shape index (κ2) is 8.49. The smallest absolute Gasteiger partial charge is 0.270 e. The lowest BCUT2D eigenvalue weighted by molar-refractivity contribution is -0.384. The molecular weight excluding hydrogens is 380 g/mol. The van der Waals surface area contributed by atoms with Crippen LogP contribution in [0.25, 0.3) is 21.8 Å². The summed E-state index contributed by atoms with van der Waals surface area (Å²) in [5, 5.41) is 12.6. The molecule has 0 fully saturated rings. The van der Waals surface area contributed by atoms with Crippen molar-refractivity contribution in [3.05, 3.63) is 75.9 Å². The van der Waals surface area contributed by atoms with Gasteiger partial charge in [-0.05, 0) is 49.4 Å². The summed E-state index contributed by atoms with van der Waals surface area (Å²) in [6, 6.07) is 17.2. The minimum absolute atomic E-state index is 0.0571. The summed E-state index contributed by atoms with van der Waals surface area (Å²) < 4.78 is 5.30. The number of nitrogen functional groups attached to an aromatic ring is 1. The van der Waals surface area contributed by atoms with E-state index in [9.17, 15) is 10.1 Å². The predicted molar refractivity (Wildman–Crippen MR) is 111 cm³/mol. The zero-order chi connectivity index (χ0) is 20.1. The van der Waals surface area contributed by atoms with E-state index in [0.717, 1.165) is 16.6 Å². The van der Waals surface area contributed by atoms with E-state index in [1.807, 2.05) is 37.3 Å². The number of aromatic nitrogens is 2. The van der Waals surface area contributed by atoms with Crippen LogP contribution in [0.15, 0.2) is 60.7 Å². The largest absolute Gasteiger partial charge is 0.478 e. The van der Waals surface area contributed by atoms with Gasteiger partial charge in [0.25, 0.3) is 5.69 Å². The first kappa shape index (κ1) is 19.3. The molecule has 7 nitrogen and oxygen atoms in total. The Morgan fingerprint density at radius 1 is 1.00 bits per heavy atom. The first-order chi connectivity index (χ1) is 13.5. The van der Waals surface area contributed by atoms with Gasteiger partial charge in [-0.1, -0.05) is 11.6 Å². The average Bonchev–Trinajstić information content (AvgIpc) is 2.68. The van der Waals surface area contributed by atoms with Crippen LogP contribution in [0.3, 0.4) is 0 Å². The standard InChI is InChI=1S/C11H12N2O.C9H5ClN2O2/c1-2-14-11-6-3-8-7-9(12)4-5-10(8)13-11;10-9-4-1-6-5-7(12(13)14)2-3-8(6)11-9/h3-7H,2,12H2,1H3;1-5H. The summed E-state index contributed by atoms with van der Waals surface area (Å²) >= 11 is 5.68. The maximum absolute atomic E-state index is 10.5. The van der Waals surface area contributed by atoms with Gasteiger partial charge >= 0.3 is 0 Å². The summed E-state index contributed by atoms with van der Waals surface area (Å²) in [4.78, 5) is 18.4. The Kier molecular flexibility index (Phi) is 5.86. The molecule has 0 aliphatic rings. The van der Waals surface area contributed by atoms with Crippen LogP contribution in [-0.4, -0.2) is 21.5 Å². The quantitative estimate of drug-likeness (QED) is 0.226. The molecular formula is C20H17ClN4O3. The number of rotatable bonds is 3. The minimum Gasteiger partial charge on any atom is -0.478 e. The van der Waals surface area contributed by atoms with Gasteiger partial charge in [0, 0.05) is 34.7 Å². The number of fused-ring (bicyclic) bond motifs is 2. The Bertz CT molecular complexity index is 1150. The number of non-ortho nitro benzene ring substituents is 1. The molecule has 2 N–H and O–H groups in total. The molecule has 8 heteroatoms. The number of anilines is 1. The molecule has 28 heavy (non-hydrogen) atoms. The number of hydrogen-bond acceptors (Lipinski definition) is 6. The Labute approximate surface area is 165 Å². The fraction of sp³-hybridized carbons (Fsp3) is 0.100. The molecule has 2 aromatic carbocycles. The number of nitro benzene ring substituents is 1. The van der Waals surface area contributed by atoms with Crippen LogP contribution in [0.2, 0.25) is 5.15 Å². The molecule has 0 spiro atoms. The number of nitrogens with zero attached hydrogens (tertiary/aromatic N) is 3. The maximum atomic E-state index is 10.5. The first-order valence-corrected chi connectivity index (χ1v) is 8.84. The number of ether oxygens (including phenoxy) is 1. The van der Waals surface area contributed by atoms with E-state index < -0.39 is 4.92 Å². The molecule has 2 heterocycles. The average molecular weight is 397 g/mol. The number of benzene rings is 2. The number of halogens is 1. The summed E-state index contributed by atoms with van der Waals surface area (Å²) in [5.74, 6) is 0.657. The van der Waals surface area contributed by atoms with E-state index >= 15 is 0 Å². The van der Waals surface area contributed by atoms with Gasteiger partial charge in [0.1, 0.15) is 5.15 Å². The lowest BCUT2D eigenvalue weighted by atomic mass is 10.2. The van der Waals surface area contributed by atoms with E-state index in [4.69, 9.17) is 22.1 Å². The van der Waals surface area contributed by atoms with Crippen LogP contribution in [0, 0.1) is 10.1 Å². The maximum Gasteiger partial charge on any atom is 0.270 e. The van der Waals surface area contributed by atoms with Gasteiger partial charge in [0.2, 0.25) is 5.88 Å².